The van der Waals surface area contributed by atoms with Gasteiger partial charge < -0.3 is 5.32 Å². The van der Waals surface area contributed by atoms with E-state index in [0.29, 0.717) is 12.5 Å². The van der Waals surface area contributed by atoms with Crippen molar-refractivity contribution in [3.63, 3.8) is 0 Å². The largest absolute Gasteiger partial charge is 0.354 e. The molecule has 6 rings (SSSR count). The maximum Gasteiger partial charge on any atom is 0.226 e. The van der Waals surface area contributed by atoms with E-state index < -0.39 is 0 Å². The zero-order valence-electron chi connectivity index (χ0n) is 16.5. The molecule has 3 nitrogen and oxygen atoms in total. The second-order valence-electron chi connectivity index (χ2n) is 9.69. The molecule has 1 unspecified atom stereocenters. The number of nitrogens with zero attached hydrogens (tertiary/aromatic N) is 1. The lowest BCUT2D eigenvalue weighted by Gasteiger charge is -2.55. The Hall–Kier alpha value is -0.770. The number of carbonyl (C=O) groups is 1. The molecule has 1 heterocycles. The van der Waals surface area contributed by atoms with Crippen molar-refractivity contribution in [2.45, 2.75) is 57.4 Å². The molecule has 1 aromatic carbocycles. The van der Waals surface area contributed by atoms with Gasteiger partial charge in [-0.25, -0.2) is 0 Å². The normalized spacial score (nSPS) is 34.8. The van der Waals surface area contributed by atoms with Crippen molar-refractivity contribution in [3.8, 4) is 0 Å². The van der Waals surface area contributed by atoms with Crippen molar-refractivity contribution < 1.29 is 4.79 Å². The Morgan fingerprint density at radius 3 is 2.21 bits per heavy atom. The van der Waals surface area contributed by atoms with Gasteiger partial charge in [-0.1, -0.05) is 29.8 Å². The highest BCUT2D eigenvalue weighted by Gasteiger charge is 2.54. The van der Waals surface area contributed by atoms with Gasteiger partial charge in [0.25, 0.3) is 0 Å². The molecule has 5 aliphatic rings. The number of carbonyl (C=O) groups excluding carboxylic acids is 1. The molecular weight excluding hydrogens is 391 g/mol. The quantitative estimate of drug-likeness (QED) is 0.703. The maximum absolute atomic E-state index is 13.4. The number of likely N-dealkylation sites (tertiary alicyclic amines) is 1. The van der Waals surface area contributed by atoms with Gasteiger partial charge in [0.1, 0.15) is 0 Å². The van der Waals surface area contributed by atoms with Crippen LogP contribution in [-0.4, -0.2) is 30.4 Å². The van der Waals surface area contributed by atoms with Gasteiger partial charge in [0.2, 0.25) is 5.91 Å². The summed E-state index contributed by atoms with van der Waals surface area (Å²) in [5.41, 5.74) is 1.09. The molecule has 0 radical (unpaired) electrons. The standard InChI is InChI=1S/C23H31ClN2O.ClH/c24-20-6-2-1-5-19(20)21(26-7-3-4-8-26)15-25-22(27)23-12-16-9-17(13-23)11-18(10-16)14-23;/h1-2,5-6,16-18,21H,3-4,7-15H2,(H,25,27);1H. The number of nitrogens with one attached hydrogen (secondary N) is 1. The fourth-order valence-electron chi connectivity index (χ4n) is 7.00. The van der Waals surface area contributed by atoms with Crippen molar-refractivity contribution in [1.29, 1.82) is 0 Å². The van der Waals surface area contributed by atoms with Crippen molar-refractivity contribution in [2.75, 3.05) is 19.6 Å². The molecule has 1 N–H and O–H groups in total. The summed E-state index contributed by atoms with van der Waals surface area (Å²) in [5, 5.41) is 4.22. The molecule has 0 aromatic heterocycles. The number of hydrogen-bond acceptors (Lipinski definition) is 2. The molecule has 154 valence electrons. The van der Waals surface area contributed by atoms with Gasteiger partial charge in [0.05, 0.1) is 6.04 Å². The van der Waals surface area contributed by atoms with Gasteiger partial charge in [-0.15, -0.1) is 12.4 Å². The van der Waals surface area contributed by atoms with E-state index in [-0.39, 0.29) is 23.9 Å². The number of rotatable bonds is 5. The van der Waals surface area contributed by atoms with E-state index in [0.717, 1.165) is 60.7 Å². The van der Waals surface area contributed by atoms with Crippen LogP contribution in [0.1, 0.15) is 63.0 Å². The highest BCUT2D eigenvalue weighted by molar-refractivity contribution is 6.31. The SMILES string of the molecule is Cl.O=C(NCC(c1ccccc1Cl)N1CCCC1)C12CC3CC(CC(C3)C1)C2. The van der Waals surface area contributed by atoms with E-state index in [2.05, 4.69) is 22.3 Å². The first-order chi connectivity index (χ1) is 13.1. The van der Waals surface area contributed by atoms with Crippen LogP contribution >= 0.6 is 24.0 Å². The zero-order valence-corrected chi connectivity index (χ0v) is 18.1. The van der Waals surface area contributed by atoms with Crippen molar-refractivity contribution in [2.24, 2.45) is 23.2 Å². The van der Waals surface area contributed by atoms with Crippen LogP contribution in [0.4, 0.5) is 0 Å². The minimum absolute atomic E-state index is 0. The minimum atomic E-state index is -0.0647. The van der Waals surface area contributed by atoms with Crippen molar-refractivity contribution >= 4 is 29.9 Å². The number of benzene rings is 1. The topological polar surface area (TPSA) is 32.3 Å². The smallest absolute Gasteiger partial charge is 0.226 e. The van der Waals surface area contributed by atoms with Crippen LogP contribution in [0.3, 0.4) is 0 Å². The van der Waals surface area contributed by atoms with Crippen LogP contribution in [0.25, 0.3) is 0 Å². The summed E-state index contributed by atoms with van der Waals surface area (Å²) in [6.07, 6.45) is 10.0. The van der Waals surface area contributed by atoms with E-state index in [1.807, 2.05) is 12.1 Å². The molecule has 1 aromatic rings. The van der Waals surface area contributed by atoms with Crippen LogP contribution in [-0.2, 0) is 4.79 Å². The highest BCUT2D eigenvalue weighted by atomic mass is 35.5. The average Bonchev–Trinajstić information content (AvgIpc) is 3.16. The molecule has 5 fully saturated rings. The Morgan fingerprint density at radius 2 is 1.64 bits per heavy atom. The molecular formula is C23H32Cl2N2O. The van der Waals surface area contributed by atoms with Gasteiger partial charge in [-0.2, -0.15) is 0 Å². The lowest BCUT2D eigenvalue weighted by Crippen LogP contribution is -2.54. The summed E-state index contributed by atoms with van der Waals surface area (Å²) >= 11 is 6.53. The summed E-state index contributed by atoms with van der Waals surface area (Å²) in [4.78, 5) is 15.9. The molecule has 1 saturated heterocycles. The second-order valence-corrected chi connectivity index (χ2v) is 10.1. The Balaban J connectivity index is 0.00000192. The Labute approximate surface area is 180 Å². The van der Waals surface area contributed by atoms with Gasteiger partial charge in [-0.3, -0.25) is 9.69 Å². The van der Waals surface area contributed by atoms with Crippen molar-refractivity contribution in [1.82, 2.24) is 10.2 Å². The van der Waals surface area contributed by atoms with Crippen molar-refractivity contribution in [3.05, 3.63) is 34.9 Å². The molecule has 28 heavy (non-hydrogen) atoms. The molecule has 1 atom stereocenters. The summed E-state index contributed by atoms with van der Waals surface area (Å²) in [6.45, 7) is 2.89. The Kier molecular flexibility index (Phi) is 5.98. The third-order valence-electron chi connectivity index (χ3n) is 7.82. The Morgan fingerprint density at radius 1 is 1.07 bits per heavy atom. The van der Waals surface area contributed by atoms with E-state index in [1.54, 1.807) is 0 Å². The predicted molar refractivity (Wildman–Crippen MR) is 116 cm³/mol. The maximum atomic E-state index is 13.4. The fraction of sp³-hybridized carbons (Fsp3) is 0.696. The summed E-state index contributed by atoms with van der Waals surface area (Å²) in [6, 6.07) is 8.34. The first-order valence-electron chi connectivity index (χ1n) is 10.9. The van der Waals surface area contributed by atoms with E-state index in [4.69, 9.17) is 11.6 Å². The van der Waals surface area contributed by atoms with Gasteiger partial charge >= 0.3 is 0 Å². The number of amides is 1. The molecule has 4 bridgehead atoms. The lowest BCUT2D eigenvalue weighted by molar-refractivity contribution is -0.146. The number of halogens is 2. The molecule has 1 amide bonds. The van der Waals surface area contributed by atoms with Crippen LogP contribution in [0, 0.1) is 23.2 Å². The third kappa shape index (κ3) is 3.70. The van der Waals surface area contributed by atoms with Gasteiger partial charge in [0, 0.05) is 17.0 Å². The molecule has 4 aliphatic carbocycles. The number of hydrogen-bond donors (Lipinski definition) is 1. The third-order valence-corrected chi connectivity index (χ3v) is 8.17. The molecule has 0 spiro atoms. The summed E-state index contributed by atoms with van der Waals surface area (Å²) in [7, 11) is 0. The monoisotopic (exact) mass is 422 g/mol. The Bertz CT molecular complexity index is 681. The second kappa shape index (κ2) is 8.16. The summed E-state index contributed by atoms with van der Waals surface area (Å²) < 4.78 is 0. The highest BCUT2D eigenvalue weighted by Crippen LogP contribution is 2.60. The molecule has 5 heteroatoms. The van der Waals surface area contributed by atoms with Crippen LogP contribution in [0.15, 0.2) is 24.3 Å². The average molecular weight is 423 g/mol. The fourth-order valence-corrected chi connectivity index (χ4v) is 7.26. The summed E-state index contributed by atoms with van der Waals surface area (Å²) in [5.74, 6) is 2.75. The first kappa shape index (κ1) is 20.5. The van der Waals surface area contributed by atoms with E-state index in [1.165, 1.54) is 32.1 Å². The van der Waals surface area contributed by atoms with Crippen LogP contribution in [0.2, 0.25) is 5.02 Å². The molecule has 4 saturated carbocycles. The van der Waals surface area contributed by atoms with E-state index in [9.17, 15) is 4.79 Å². The predicted octanol–water partition coefficient (Wildman–Crippen LogP) is 5.23. The zero-order chi connectivity index (χ0) is 18.4. The molecule has 1 aliphatic heterocycles. The van der Waals surface area contributed by atoms with Gasteiger partial charge in [0.15, 0.2) is 0 Å². The van der Waals surface area contributed by atoms with Crippen LogP contribution in [0.5, 0.6) is 0 Å². The van der Waals surface area contributed by atoms with Crippen LogP contribution < -0.4 is 5.32 Å². The van der Waals surface area contributed by atoms with Gasteiger partial charge in [-0.05, 0) is 93.8 Å². The minimum Gasteiger partial charge on any atom is -0.354 e. The lowest BCUT2D eigenvalue weighted by atomic mass is 9.49. The first-order valence-corrected chi connectivity index (χ1v) is 11.3. The van der Waals surface area contributed by atoms with E-state index >= 15 is 0 Å².